The third kappa shape index (κ3) is 2.73. The second-order valence-electron chi connectivity index (χ2n) is 4.91. The van der Waals surface area contributed by atoms with Crippen LogP contribution < -0.4 is 0 Å². The van der Waals surface area contributed by atoms with Crippen LogP contribution in [0.25, 0.3) is 11.1 Å². The molecule has 0 radical (unpaired) electrons. The molecular weight excluding hydrogens is 206 g/mol. The molecule has 1 saturated carbocycles. The number of rotatable bonds is 4. The van der Waals surface area contributed by atoms with Gasteiger partial charge in [-0.15, -0.1) is 0 Å². The van der Waals surface area contributed by atoms with Crippen molar-refractivity contribution in [1.82, 2.24) is 4.98 Å². The standard InChI is InChI=1S/C16H17N/c1-2-13(1)3-4-14-5-7-15(8-6-14)16-9-11-17-12-10-16/h5-13H,1-4H2. The SMILES string of the molecule is c1cc(-c2ccc(CCC3CC3)cc2)ccn1. The maximum absolute atomic E-state index is 4.04. The molecule has 1 aromatic carbocycles. The van der Waals surface area contributed by atoms with Crippen molar-refractivity contribution in [1.29, 1.82) is 0 Å². The molecule has 1 nitrogen and oxygen atoms in total. The fourth-order valence-corrected chi connectivity index (χ4v) is 2.19. The second kappa shape index (κ2) is 4.70. The highest BCUT2D eigenvalue weighted by Gasteiger charge is 2.20. The van der Waals surface area contributed by atoms with Crippen LogP contribution in [0.1, 0.15) is 24.8 Å². The molecule has 0 amide bonds. The summed E-state index contributed by atoms with van der Waals surface area (Å²) in [6.45, 7) is 0. The van der Waals surface area contributed by atoms with Gasteiger partial charge in [0.05, 0.1) is 0 Å². The Morgan fingerprint density at radius 1 is 0.882 bits per heavy atom. The van der Waals surface area contributed by atoms with Gasteiger partial charge in [0.15, 0.2) is 0 Å². The molecule has 0 saturated heterocycles. The summed E-state index contributed by atoms with van der Waals surface area (Å²) >= 11 is 0. The molecule has 0 bridgehead atoms. The maximum Gasteiger partial charge on any atom is 0.0273 e. The van der Waals surface area contributed by atoms with Gasteiger partial charge < -0.3 is 0 Å². The summed E-state index contributed by atoms with van der Waals surface area (Å²) in [7, 11) is 0. The van der Waals surface area contributed by atoms with Gasteiger partial charge in [-0.3, -0.25) is 4.98 Å². The molecule has 1 heterocycles. The molecule has 0 unspecified atom stereocenters. The summed E-state index contributed by atoms with van der Waals surface area (Å²) in [5.41, 5.74) is 3.99. The highest BCUT2D eigenvalue weighted by molar-refractivity contribution is 5.62. The van der Waals surface area contributed by atoms with Crippen LogP contribution in [0.2, 0.25) is 0 Å². The molecule has 86 valence electrons. The number of hydrogen-bond donors (Lipinski definition) is 0. The molecule has 0 aliphatic heterocycles. The molecule has 17 heavy (non-hydrogen) atoms. The number of hydrogen-bond acceptors (Lipinski definition) is 1. The Labute approximate surface area is 103 Å². The van der Waals surface area contributed by atoms with Gasteiger partial charge in [0.25, 0.3) is 0 Å². The molecule has 2 aromatic rings. The molecule has 1 aromatic heterocycles. The number of aromatic nitrogens is 1. The third-order valence-corrected chi connectivity index (χ3v) is 3.51. The molecular formula is C16H17N. The topological polar surface area (TPSA) is 12.9 Å². The van der Waals surface area contributed by atoms with E-state index in [0.717, 1.165) is 5.92 Å². The Morgan fingerprint density at radius 3 is 2.18 bits per heavy atom. The Kier molecular flexibility index (Phi) is 2.91. The summed E-state index contributed by atoms with van der Waals surface area (Å²) in [5.74, 6) is 1.02. The number of pyridine rings is 1. The predicted octanol–water partition coefficient (Wildman–Crippen LogP) is 4.09. The van der Waals surface area contributed by atoms with Crippen LogP contribution in [0.3, 0.4) is 0 Å². The van der Waals surface area contributed by atoms with E-state index in [1.54, 1.807) is 0 Å². The van der Waals surface area contributed by atoms with Gasteiger partial charge in [-0.1, -0.05) is 37.1 Å². The van der Waals surface area contributed by atoms with Crippen LogP contribution in [-0.4, -0.2) is 4.98 Å². The minimum Gasteiger partial charge on any atom is -0.265 e. The smallest absolute Gasteiger partial charge is 0.0273 e. The van der Waals surface area contributed by atoms with Gasteiger partial charge in [0.1, 0.15) is 0 Å². The van der Waals surface area contributed by atoms with Crippen molar-refractivity contribution >= 4 is 0 Å². The van der Waals surface area contributed by atoms with Crippen LogP contribution in [0.4, 0.5) is 0 Å². The van der Waals surface area contributed by atoms with E-state index >= 15 is 0 Å². The quantitative estimate of drug-likeness (QED) is 0.760. The van der Waals surface area contributed by atoms with Crippen LogP contribution >= 0.6 is 0 Å². The van der Waals surface area contributed by atoms with Gasteiger partial charge in [-0.05, 0) is 47.6 Å². The van der Waals surface area contributed by atoms with Crippen molar-refractivity contribution in [3.63, 3.8) is 0 Å². The van der Waals surface area contributed by atoms with Crippen LogP contribution in [0.15, 0.2) is 48.8 Å². The van der Waals surface area contributed by atoms with Gasteiger partial charge in [-0.25, -0.2) is 0 Å². The average molecular weight is 223 g/mol. The van der Waals surface area contributed by atoms with Gasteiger partial charge in [0, 0.05) is 12.4 Å². The molecule has 1 heteroatoms. The zero-order chi connectivity index (χ0) is 11.5. The van der Waals surface area contributed by atoms with Crippen LogP contribution in [0, 0.1) is 5.92 Å². The van der Waals surface area contributed by atoms with Crippen molar-refractivity contribution in [2.45, 2.75) is 25.7 Å². The van der Waals surface area contributed by atoms with E-state index in [0.29, 0.717) is 0 Å². The first-order valence-corrected chi connectivity index (χ1v) is 6.41. The predicted molar refractivity (Wildman–Crippen MR) is 70.7 cm³/mol. The maximum atomic E-state index is 4.04. The zero-order valence-corrected chi connectivity index (χ0v) is 9.97. The fourth-order valence-electron chi connectivity index (χ4n) is 2.19. The van der Waals surface area contributed by atoms with Gasteiger partial charge >= 0.3 is 0 Å². The van der Waals surface area contributed by atoms with Crippen LogP contribution in [0.5, 0.6) is 0 Å². The van der Waals surface area contributed by atoms with E-state index in [-0.39, 0.29) is 0 Å². The lowest BCUT2D eigenvalue weighted by atomic mass is 10.0. The molecule has 0 N–H and O–H groups in total. The number of benzene rings is 1. The van der Waals surface area contributed by atoms with Crippen molar-refractivity contribution in [3.05, 3.63) is 54.4 Å². The summed E-state index contributed by atoms with van der Waals surface area (Å²) < 4.78 is 0. The van der Waals surface area contributed by atoms with E-state index in [9.17, 15) is 0 Å². The van der Waals surface area contributed by atoms with Crippen molar-refractivity contribution in [2.75, 3.05) is 0 Å². The van der Waals surface area contributed by atoms with E-state index in [4.69, 9.17) is 0 Å². The summed E-state index contributed by atoms with van der Waals surface area (Å²) in [6, 6.07) is 13.1. The van der Waals surface area contributed by atoms with Gasteiger partial charge in [-0.2, -0.15) is 0 Å². The normalized spacial score (nSPS) is 14.8. The molecule has 1 aliphatic carbocycles. The Hall–Kier alpha value is -1.63. The minimum absolute atomic E-state index is 1.02. The lowest BCUT2D eigenvalue weighted by Crippen LogP contribution is -1.87. The molecule has 0 spiro atoms. The van der Waals surface area contributed by atoms with Crippen molar-refractivity contribution < 1.29 is 0 Å². The second-order valence-corrected chi connectivity index (χ2v) is 4.91. The highest BCUT2D eigenvalue weighted by Crippen LogP contribution is 2.33. The first kappa shape index (κ1) is 10.5. The third-order valence-electron chi connectivity index (χ3n) is 3.51. The summed E-state index contributed by atoms with van der Waals surface area (Å²) in [6.07, 6.45) is 9.20. The van der Waals surface area contributed by atoms with E-state index in [1.165, 1.54) is 42.4 Å². The van der Waals surface area contributed by atoms with E-state index < -0.39 is 0 Å². The van der Waals surface area contributed by atoms with E-state index in [1.807, 2.05) is 12.4 Å². The summed E-state index contributed by atoms with van der Waals surface area (Å²) in [5, 5.41) is 0. The molecule has 3 rings (SSSR count). The van der Waals surface area contributed by atoms with Crippen molar-refractivity contribution in [3.8, 4) is 11.1 Å². The lowest BCUT2D eigenvalue weighted by molar-refractivity contribution is 0.727. The van der Waals surface area contributed by atoms with E-state index in [2.05, 4.69) is 41.4 Å². The lowest BCUT2D eigenvalue weighted by Gasteiger charge is -2.04. The fraction of sp³-hybridized carbons (Fsp3) is 0.312. The molecule has 1 aliphatic rings. The summed E-state index contributed by atoms with van der Waals surface area (Å²) in [4.78, 5) is 4.04. The number of nitrogens with zero attached hydrogens (tertiary/aromatic N) is 1. The minimum atomic E-state index is 1.02. The van der Waals surface area contributed by atoms with Gasteiger partial charge in [0.2, 0.25) is 0 Å². The number of aryl methyl sites for hydroxylation is 1. The Balaban J connectivity index is 1.70. The first-order valence-electron chi connectivity index (χ1n) is 6.41. The average Bonchev–Trinajstić information content (AvgIpc) is 3.22. The monoisotopic (exact) mass is 223 g/mol. The molecule has 0 atom stereocenters. The molecule has 1 fully saturated rings. The zero-order valence-electron chi connectivity index (χ0n) is 9.97. The Bertz CT molecular complexity index is 469. The first-order chi connectivity index (χ1) is 8.42. The highest BCUT2D eigenvalue weighted by atomic mass is 14.6. The van der Waals surface area contributed by atoms with Crippen molar-refractivity contribution in [2.24, 2.45) is 5.92 Å². The Morgan fingerprint density at radius 2 is 1.53 bits per heavy atom. The van der Waals surface area contributed by atoms with Crippen LogP contribution in [-0.2, 0) is 6.42 Å². The largest absolute Gasteiger partial charge is 0.265 e.